The molecule has 4 N–H and O–H groups in total. The van der Waals surface area contributed by atoms with Gasteiger partial charge in [-0.2, -0.15) is 0 Å². The van der Waals surface area contributed by atoms with Gasteiger partial charge in [0.25, 0.3) is 0 Å². The van der Waals surface area contributed by atoms with Crippen LogP contribution in [0.1, 0.15) is 109 Å². The zero-order valence-corrected chi connectivity index (χ0v) is 36.8. The number of ether oxygens (including phenoxy) is 6. The Labute approximate surface area is 365 Å². The maximum atomic E-state index is 15.6. The van der Waals surface area contributed by atoms with Crippen molar-refractivity contribution in [3.05, 3.63) is 82.4 Å². The number of ketones is 1. The summed E-state index contributed by atoms with van der Waals surface area (Å²) in [6.45, 7) is 11.8. The van der Waals surface area contributed by atoms with Crippen molar-refractivity contribution in [2.75, 3.05) is 6.61 Å². The fourth-order valence-corrected chi connectivity index (χ4v) is 10.6. The molecule has 2 aromatic rings. The van der Waals surface area contributed by atoms with Crippen molar-refractivity contribution >= 4 is 35.8 Å². The SMILES string of the molecule is CC(=O)O[C@H]1C(=O)[C@@]2(C)[C@@H]3[C@H](OC(=O)c4ccccc4)[C@]4(O)C[C@H](OC(=O)[C@H](O)[C@@H](NC(=O)OC(C)(C)C)c5ccccc5CCCC(=O)O[C@]35CO[C@@H]5C[C@@H]2O)C(C)=C1C4(C)C. The molecule has 340 valence electrons. The van der Waals surface area contributed by atoms with E-state index in [1.54, 1.807) is 77.1 Å². The molecule has 2 heterocycles. The Kier molecular flexibility index (Phi) is 12.0. The number of alkyl carbamates (subject to hydrolysis) is 1. The van der Waals surface area contributed by atoms with Crippen molar-refractivity contribution in [1.82, 2.24) is 5.32 Å². The van der Waals surface area contributed by atoms with Gasteiger partial charge in [-0.25, -0.2) is 14.4 Å². The molecule has 4 bridgehead atoms. The summed E-state index contributed by atoms with van der Waals surface area (Å²) < 4.78 is 36.5. The lowest BCUT2D eigenvalue weighted by Crippen LogP contribution is -2.82. The normalized spacial score (nSPS) is 35.3. The highest BCUT2D eigenvalue weighted by atomic mass is 16.6. The lowest BCUT2D eigenvalue weighted by atomic mass is 9.44. The largest absolute Gasteiger partial charge is 0.456 e. The highest BCUT2D eigenvalue weighted by Gasteiger charge is 2.78. The molecule has 1 saturated heterocycles. The molecule has 1 amide bonds. The Bertz CT molecular complexity index is 2210. The summed E-state index contributed by atoms with van der Waals surface area (Å²) >= 11 is 0. The molecule has 3 fully saturated rings. The predicted molar refractivity (Wildman–Crippen MR) is 220 cm³/mol. The van der Waals surface area contributed by atoms with E-state index in [0.717, 1.165) is 6.92 Å². The molecule has 0 radical (unpaired) electrons. The summed E-state index contributed by atoms with van der Waals surface area (Å²) in [5, 5.41) is 40.5. The fraction of sp³-hybridized carbons (Fsp3) is 0.574. The quantitative estimate of drug-likeness (QED) is 0.192. The van der Waals surface area contributed by atoms with Gasteiger partial charge in [0.15, 0.2) is 23.6 Å². The molecule has 2 saturated carbocycles. The van der Waals surface area contributed by atoms with E-state index >= 15 is 4.79 Å². The number of aryl methyl sites for hydroxylation is 1. The second-order valence-corrected chi connectivity index (χ2v) is 19.2. The number of benzene rings is 2. The number of esters is 4. The number of Topliss-reactive ketones (excluding diaryl/α,β-unsaturated/α-hetero) is 1. The first-order valence-electron chi connectivity index (χ1n) is 21.3. The number of aliphatic hydroxyl groups excluding tert-OH is 2. The third-order valence-electron chi connectivity index (χ3n) is 13.9. The van der Waals surface area contributed by atoms with E-state index in [0.29, 0.717) is 11.1 Å². The van der Waals surface area contributed by atoms with Crippen LogP contribution in [0.3, 0.4) is 0 Å². The number of amides is 1. The van der Waals surface area contributed by atoms with E-state index in [2.05, 4.69) is 5.32 Å². The molecular formula is C47H57NO15. The van der Waals surface area contributed by atoms with Crippen molar-refractivity contribution < 1.29 is 72.5 Å². The average molecular weight is 876 g/mol. The predicted octanol–water partition coefficient (Wildman–Crippen LogP) is 4.15. The molecule has 16 heteroatoms. The van der Waals surface area contributed by atoms with Crippen LogP contribution in [0, 0.1) is 16.7 Å². The number of carbonyl (C=O) groups is 6. The molecule has 7 rings (SSSR count). The van der Waals surface area contributed by atoms with Gasteiger partial charge in [-0.1, -0.05) is 56.3 Å². The summed E-state index contributed by atoms with van der Waals surface area (Å²) in [5.41, 5.74) is -7.72. The maximum absolute atomic E-state index is 15.6. The van der Waals surface area contributed by atoms with Crippen LogP contribution in [0.15, 0.2) is 65.7 Å². The number of aliphatic hydroxyl groups is 3. The Hall–Kier alpha value is -5.16. The highest BCUT2D eigenvalue weighted by molar-refractivity contribution is 5.95. The van der Waals surface area contributed by atoms with Crippen molar-refractivity contribution in [1.29, 1.82) is 0 Å². The van der Waals surface area contributed by atoms with Crippen LogP contribution in [-0.2, 0) is 54.0 Å². The lowest BCUT2D eigenvalue weighted by molar-refractivity contribution is -0.346. The monoisotopic (exact) mass is 875 g/mol. The van der Waals surface area contributed by atoms with Crippen LogP contribution >= 0.6 is 0 Å². The summed E-state index contributed by atoms with van der Waals surface area (Å²) in [6.07, 6.45) is -11.4. The standard InChI is InChI=1S/C47H57NO15/c1-24-29-22-47(57)39(61-40(54)27-16-10-9-11-17-27)37-45(8,38(53)36(59-25(2)49)33(24)44(47,6)7)30(50)21-31-46(37,23-58-31)62-32(51)20-14-18-26-15-12-13-19-28(26)34(35(52)41(55)60-29)48-42(56)63-43(3,4)5/h9-13,15-17,19,29-31,34-37,39,50,52,57H,14,18,20-23H2,1-8H3,(H,48,56)/t29-,30-,31+,34-,35+,36+,37-,39-,45+,46-,47+/m0/s1. The molecule has 11 atom stereocenters. The first-order valence-corrected chi connectivity index (χ1v) is 21.3. The first kappa shape index (κ1) is 45.9. The van der Waals surface area contributed by atoms with E-state index in [1.807, 2.05) is 0 Å². The minimum absolute atomic E-state index is 0.00101. The number of carbonyl (C=O) groups excluding carboxylic acids is 6. The first-order chi connectivity index (χ1) is 29.5. The van der Waals surface area contributed by atoms with Gasteiger partial charge in [0.1, 0.15) is 29.5 Å². The van der Waals surface area contributed by atoms with Gasteiger partial charge in [0.2, 0.25) is 0 Å². The molecule has 63 heavy (non-hydrogen) atoms. The molecule has 1 spiro atoms. The highest BCUT2D eigenvalue weighted by Crippen LogP contribution is 2.64. The summed E-state index contributed by atoms with van der Waals surface area (Å²) in [6, 6.07) is 13.2. The third-order valence-corrected chi connectivity index (χ3v) is 13.9. The smallest absolute Gasteiger partial charge is 0.408 e. The molecule has 16 nitrogen and oxygen atoms in total. The van der Waals surface area contributed by atoms with Crippen LogP contribution in [0.25, 0.3) is 0 Å². The van der Waals surface area contributed by atoms with Gasteiger partial charge in [-0.15, -0.1) is 0 Å². The summed E-state index contributed by atoms with van der Waals surface area (Å²) in [4.78, 5) is 85.1. The van der Waals surface area contributed by atoms with E-state index in [1.165, 1.54) is 26.0 Å². The molecule has 5 aliphatic rings. The molecule has 2 aliphatic heterocycles. The van der Waals surface area contributed by atoms with Crippen LogP contribution in [0.4, 0.5) is 4.79 Å². The van der Waals surface area contributed by atoms with Crippen molar-refractivity contribution in [3.63, 3.8) is 0 Å². The second-order valence-electron chi connectivity index (χ2n) is 19.2. The third kappa shape index (κ3) is 7.82. The zero-order valence-electron chi connectivity index (χ0n) is 36.8. The van der Waals surface area contributed by atoms with Gasteiger partial charge in [0, 0.05) is 31.6 Å². The number of hydrogen-bond donors (Lipinski definition) is 4. The lowest BCUT2D eigenvalue weighted by Gasteiger charge is -2.67. The van der Waals surface area contributed by atoms with Crippen LogP contribution in [0.5, 0.6) is 0 Å². The van der Waals surface area contributed by atoms with Crippen LogP contribution in [0.2, 0.25) is 0 Å². The average Bonchev–Trinajstić information content (AvgIpc) is 3.20. The maximum Gasteiger partial charge on any atom is 0.408 e. The molecule has 3 aliphatic carbocycles. The van der Waals surface area contributed by atoms with Crippen molar-refractivity contribution in [3.8, 4) is 0 Å². The van der Waals surface area contributed by atoms with Gasteiger partial charge in [-0.05, 0) is 81.9 Å². The van der Waals surface area contributed by atoms with E-state index in [-0.39, 0.29) is 49.0 Å². The Morgan fingerprint density at radius 1 is 0.921 bits per heavy atom. The number of nitrogens with one attached hydrogen (secondary N) is 1. The van der Waals surface area contributed by atoms with Gasteiger partial charge in [-0.3, -0.25) is 14.4 Å². The minimum atomic E-state index is -2.39. The minimum Gasteiger partial charge on any atom is -0.456 e. The van der Waals surface area contributed by atoms with E-state index in [9.17, 15) is 39.3 Å². The zero-order chi connectivity index (χ0) is 46.0. The number of rotatable bonds is 4. The van der Waals surface area contributed by atoms with Crippen molar-refractivity contribution in [2.45, 2.75) is 147 Å². The Morgan fingerprint density at radius 3 is 2.22 bits per heavy atom. The van der Waals surface area contributed by atoms with Gasteiger partial charge in [0.05, 0.1) is 35.6 Å². The summed E-state index contributed by atoms with van der Waals surface area (Å²) in [7, 11) is 0. The van der Waals surface area contributed by atoms with Gasteiger partial charge >= 0.3 is 30.0 Å². The van der Waals surface area contributed by atoms with Crippen molar-refractivity contribution in [2.24, 2.45) is 16.7 Å². The molecule has 0 aromatic heterocycles. The topological polar surface area (TPSA) is 231 Å². The Balaban J connectivity index is 1.48. The second kappa shape index (κ2) is 16.4. The Morgan fingerprint density at radius 2 is 1.59 bits per heavy atom. The fourth-order valence-electron chi connectivity index (χ4n) is 10.6. The van der Waals surface area contributed by atoms with Crippen LogP contribution in [-0.4, -0.2) is 111 Å². The summed E-state index contributed by atoms with van der Waals surface area (Å²) in [5.74, 6) is -6.19. The number of fused-ring (bicyclic) bond motifs is 3. The number of hydrogen-bond acceptors (Lipinski definition) is 15. The van der Waals surface area contributed by atoms with E-state index in [4.69, 9.17) is 28.4 Å². The molecule has 0 unspecified atom stereocenters. The van der Waals surface area contributed by atoms with Crippen LogP contribution < -0.4 is 5.32 Å². The van der Waals surface area contributed by atoms with E-state index < -0.39 is 118 Å². The molecular weight excluding hydrogens is 819 g/mol. The molecule has 2 aromatic carbocycles. The van der Waals surface area contributed by atoms with Gasteiger partial charge < -0.3 is 49.1 Å².